The first-order valence-corrected chi connectivity index (χ1v) is 5.20. The van der Waals surface area contributed by atoms with Crippen molar-refractivity contribution in [2.75, 3.05) is 12.4 Å². The van der Waals surface area contributed by atoms with Crippen LogP contribution in [-0.2, 0) is 9.59 Å². The Labute approximate surface area is 87.8 Å². The Hall–Kier alpha value is -0.770. The number of carboxylic acids is 1. The molecule has 80 valence electrons. The number of halogens is 1. The van der Waals surface area contributed by atoms with E-state index in [1.165, 1.54) is 4.90 Å². The fraction of sp³-hybridized carbons (Fsp3) is 0.778. The van der Waals surface area contributed by atoms with Crippen molar-refractivity contribution in [2.24, 2.45) is 5.92 Å². The second-order valence-electron chi connectivity index (χ2n) is 3.58. The van der Waals surface area contributed by atoms with Crippen molar-refractivity contribution < 1.29 is 14.7 Å². The van der Waals surface area contributed by atoms with Gasteiger partial charge in [-0.3, -0.25) is 4.79 Å². The third-order valence-corrected chi connectivity index (χ3v) is 2.94. The maximum absolute atomic E-state index is 11.7. The average molecular weight is 220 g/mol. The molecule has 1 saturated heterocycles. The molecule has 4 nitrogen and oxygen atoms in total. The summed E-state index contributed by atoms with van der Waals surface area (Å²) in [5, 5.41) is 8.86. The number of carbonyl (C=O) groups excluding carboxylic acids is 1. The maximum atomic E-state index is 11.7. The van der Waals surface area contributed by atoms with Gasteiger partial charge in [0, 0.05) is 18.3 Å². The Balaban J connectivity index is 2.67. The summed E-state index contributed by atoms with van der Waals surface area (Å²) >= 11 is 5.56. The van der Waals surface area contributed by atoms with Crippen molar-refractivity contribution in [2.45, 2.75) is 25.8 Å². The molecule has 0 saturated carbocycles. The minimum absolute atomic E-state index is 0.148. The Bertz CT molecular complexity index is 244. The highest BCUT2D eigenvalue weighted by atomic mass is 35.5. The van der Waals surface area contributed by atoms with Crippen LogP contribution < -0.4 is 0 Å². The molecular formula is C9H14ClNO3. The van der Waals surface area contributed by atoms with Crippen molar-refractivity contribution in [3.63, 3.8) is 0 Å². The molecule has 1 aliphatic rings. The van der Waals surface area contributed by atoms with Gasteiger partial charge in [0.15, 0.2) is 0 Å². The SMILES string of the molecule is CC(CCl)C(=O)N1CCC[C@H]1C(=O)O. The highest BCUT2D eigenvalue weighted by Gasteiger charge is 2.35. The Morgan fingerprint density at radius 2 is 2.29 bits per heavy atom. The van der Waals surface area contributed by atoms with Crippen molar-refractivity contribution in [3.05, 3.63) is 0 Å². The number of rotatable bonds is 3. The topological polar surface area (TPSA) is 57.6 Å². The van der Waals surface area contributed by atoms with Gasteiger partial charge in [0.2, 0.25) is 5.91 Å². The van der Waals surface area contributed by atoms with E-state index in [2.05, 4.69) is 0 Å². The third-order valence-electron chi connectivity index (χ3n) is 2.47. The standard InChI is InChI=1S/C9H14ClNO3/c1-6(5-10)8(12)11-4-2-3-7(11)9(13)14/h6-7H,2-5H2,1H3,(H,13,14)/t6?,7-/m0/s1. The summed E-state index contributed by atoms with van der Waals surface area (Å²) in [4.78, 5) is 23.9. The quantitative estimate of drug-likeness (QED) is 0.719. The van der Waals surface area contributed by atoms with E-state index in [-0.39, 0.29) is 17.7 Å². The van der Waals surface area contributed by atoms with Crippen LogP contribution in [0.25, 0.3) is 0 Å². The number of carboxylic acid groups (broad SMARTS) is 1. The Morgan fingerprint density at radius 3 is 2.79 bits per heavy atom. The lowest BCUT2D eigenvalue weighted by Gasteiger charge is -2.23. The number of carbonyl (C=O) groups is 2. The lowest BCUT2D eigenvalue weighted by atomic mass is 10.1. The van der Waals surface area contributed by atoms with Crippen LogP contribution in [-0.4, -0.2) is 40.3 Å². The molecule has 1 rings (SSSR count). The zero-order valence-electron chi connectivity index (χ0n) is 8.07. The number of nitrogens with zero attached hydrogens (tertiary/aromatic N) is 1. The summed E-state index contributed by atoms with van der Waals surface area (Å²) in [7, 11) is 0. The molecular weight excluding hydrogens is 206 g/mol. The molecule has 14 heavy (non-hydrogen) atoms. The van der Waals surface area contributed by atoms with Gasteiger partial charge in [-0.2, -0.15) is 0 Å². The zero-order valence-corrected chi connectivity index (χ0v) is 8.83. The summed E-state index contributed by atoms with van der Waals surface area (Å²) in [6.07, 6.45) is 1.31. The van der Waals surface area contributed by atoms with Crippen LogP contribution >= 0.6 is 11.6 Å². The highest BCUT2D eigenvalue weighted by molar-refractivity contribution is 6.19. The second-order valence-corrected chi connectivity index (χ2v) is 3.89. The summed E-state index contributed by atoms with van der Waals surface area (Å²) in [5.41, 5.74) is 0. The molecule has 0 aliphatic carbocycles. The van der Waals surface area contributed by atoms with E-state index in [0.717, 1.165) is 6.42 Å². The van der Waals surface area contributed by atoms with Crippen LogP contribution in [0.2, 0.25) is 0 Å². The number of hydrogen-bond donors (Lipinski definition) is 1. The minimum Gasteiger partial charge on any atom is -0.480 e. The molecule has 1 aliphatic heterocycles. The van der Waals surface area contributed by atoms with E-state index >= 15 is 0 Å². The molecule has 1 amide bonds. The number of alkyl halides is 1. The summed E-state index contributed by atoms with van der Waals surface area (Å²) in [6.45, 7) is 2.25. The molecule has 5 heteroatoms. The lowest BCUT2D eigenvalue weighted by Crippen LogP contribution is -2.43. The monoisotopic (exact) mass is 219 g/mol. The molecule has 0 aromatic rings. The van der Waals surface area contributed by atoms with Crippen LogP contribution in [0, 0.1) is 5.92 Å². The fourth-order valence-corrected chi connectivity index (χ4v) is 1.77. The van der Waals surface area contributed by atoms with E-state index in [1.807, 2.05) is 0 Å². The molecule has 0 aromatic carbocycles. The second kappa shape index (κ2) is 4.64. The van der Waals surface area contributed by atoms with E-state index in [4.69, 9.17) is 16.7 Å². The van der Waals surface area contributed by atoms with Crippen LogP contribution in [0.5, 0.6) is 0 Å². The average Bonchev–Trinajstić information content (AvgIpc) is 2.63. The normalized spacial score (nSPS) is 23.6. The van der Waals surface area contributed by atoms with Gasteiger partial charge in [0.25, 0.3) is 0 Å². The van der Waals surface area contributed by atoms with Crippen LogP contribution in [0.1, 0.15) is 19.8 Å². The van der Waals surface area contributed by atoms with Gasteiger partial charge in [-0.15, -0.1) is 11.6 Å². The number of aliphatic carboxylic acids is 1. The van der Waals surface area contributed by atoms with Crippen LogP contribution in [0.4, 0.5) is 0 Å². The molecule has 1 fully saturated rings. The highest BCUT2D eigenvalue weighted by Crippen LogP contribution is 2.20. The van der Waals surface area contributed by atoms with E-state index in [1.54, 1.807) is 6.92 Å². The maximum Gasteiger partial charge on any atom is 0.326 e. The molecule has 0 spiro atoms. The molecule has 0 aromatic heterocycles. The van der Waals surface area contributed by atoms with Gasteiger partial charge in [-0.05, 0) is 12.8 Å². The summed E-state index contributed by atoms with van der Waals surface area (Å²) < 4.78 is 0. The van der Waals surface area contributed by atoms with Gasteiger partial charge in [-0.25, -0.2) is 4.79 Å². The Morgan fingerprint density at radius 1 is 1.64 bits per heavy atom. The molecule has 2 atom stereocenters. The van der Waals surface area contributed by atoms with Crippen molar-refractivity contribution in [3.8, 4) is 0 Å². The van der Waals surface area contributed by atoms with Crippen molar-refractivity contribution >= 4 is 23.5 Å². The lowest BCUT2D eigenvalue weighted by molar-refractivity contribution is -0.149. The fourth-order valence-electron chi connectivity index (χ4n) is 1.64. The van der Waals surface area contributed by atoms with Crippen molar-refractivity contribution in [1.29, 1.82) is 0 Å². The minimum atomic E-state index is -0.919. The summed E-state index contributed by atoms with van der Waals surface area (Å²) in [6, 6.07) is -0.645. The molecule has 1 N–H and O–H groups in total. The first-order valence-electron chi connectivity index (χ1n) is 4.67. The van der Waals surface area contributed by atoms with Gasteiger partial charge in [-0.1, -0.05) is 6.92 Å². The molecule has 1 heterocycles. The number of hydrogen-bond acceptors (Lipinski definition) is 2. The summed E-state index contributed by atoms with van der Waals surface area (Å²) in [5.74, 6) is -1.12. The van der Waals surface area contributed by atoms with Gasteiger partial charge in [0.05, 0.1) is 0 Å². The predicted molar refractivity (Wildman–Crippen MR) is 52.3 cm³/mol. The smallest absolute Gasteiger partial charge is 0.326 e. The number of amides is 1. The first kappa shape index (κ1) is 11.3. The van der Waals surface area contributed by atoms with E-state index < -0.39 is 12.0 Å². The number of likely N-dealkylation sites (tertiary alicyclic amines) is 1. The van der Waals surface area contributed by atoms with Crippen LogP contribution in [0.3, 0.4) is 0 Å². The first-order chi connectivity index (χ1) is 6.57. The van der Waals surface area contributed by atoms with E-state index in [0.29, 0.717) is 13.0 Å². The van der Waals surface area contributed by atoms with Crippen LogP contribution in [0.15, 0.2) is 0 Å². The molecule has 0 radical (unpaired) electrons. The largest absolute Gasteiger partial charge is 0.480 e. The molecule has 1 unspecified atom stereocenters. The van der Waals surface area contributed by atoms with E-state index in [9.17, 15) is 9.59 Å². The van der Waals surface area contributed by atoms with Gasteiger partial charge >= 0.3 is 5.97 Å². The Kier molecular flexibility index (Phi) is 3.75. The predicted octanol–water partition coefficient (Wildman–Crippen LogP) is 0.937. The van der Waals surface area contributed by atoms with Crippen molar-refractivity contribution in [1.82, 2.24) is 4.90 Å². The van der Waals surface area contributed by atoms with Gasteiger partial charge < -0.3 is 10.0 Å². The molecule has 0 bridgehead atoms. The third kappa shape index (κ3) is 2.18. The zero-order chi connectivity index (χ0) is 10.7. The van der Waals surface area contributed by atoms with Gasteiger partial charge in [0.1, 0.15) is 6.04 Å².